The van der Waals surface area contributed by atoms with Gasteiger partial charge in [0.2, 0.25) is 0 Å². The first-order chi connectivity index (χ1) is 18.3. The van der Waals surface area contributed by atoms with Gasteiger partial charge in [0.15, 0.2) is 0 Å². The highest BCUT2D eigenvalue weighted by Crippen LogP contribution is 2.40. The summed E-state index contributed by atoms with van der Waals surface area (Å²) < 4.78 is 2.66. The van der Waals surface area contributed by atoms with Crippen molar-refractivity contribution >= 4 is 64.1 Å². The molecule has 0 saturated heterocycles. The van der Waals surface area contributed by atoms with E-state index in [1.54, 1.807) is 0 Å². The number of hydrogen-bond donors (Lipinski definition) is 0. The van der Waals surface area contributed by atoms with E-state index in [1.807, 2.05) is 17.4 Å². The Morgan fingerprint density at radius 1 is 0.459 bits per heavy atom. The monoisotopic (exact) mass is 488 g/mol. The molecule has 8 rings (SSSR count). The van der Waals surface area contributed by atoms with Gasteiger partial charge in [-0.25, -0.2) is 9.97 Å². The van der Waals surface area contributed by atoms with Gasteiger partial charge in [-0.2, -0.15) is 0 Å². The zero-order valence-corrected chi connectivity index (χ0v) is 20.7. The van der Waals surface area contributed by atoms with Crippen molar-refractivity contribution in [2.75, 3.05) is 0 Å². The molecule has 0 saturated carbocycles. The first-order valence-electron chi connectivity index (χ1n) is 12.4. The number of aromatic nitrogens is 2. The minimum absolute atomic E-state index is 0.909. The third kappa shape index (κ3) is 3.18. The molecule has 2 heterocycles. The Morgan fingerprint density at radius 2 is 1.19 bits per heavy atom. The molecule has 0 radical (unpaired) electrons. The van der Waals surface area contributed by atoms with Crippen LogP contribution in [0.4, 0.5) is 0 Å². The fourth-order valence-electron chi connectivity index (χ4n) is 5.45. The summed E-state index contributed by atoms with van der Waals surface area (Å²) in [4.78, 5) is 10.5. The van der Waals surface area contributed by atoms with Crippen molar-refractivity contribution < 1.29 is 0 Å². The standard InChI is InChI=1S/C34H20N2S/c1-2-9-22(10-3-1)31-32(35-29-19-16-21-8-4-5-11-25(21)33(29)36-31)24-15-17-26-23(20-24)14-18-28-27-12-6-7-13-30(27)37-34(26)28/h1-20H. The van der Waals surface area contributed by atoms with Gasteiger partial charge in [0, 0.05) is 36.7 Å². The van der Waals surface area contributed by atoms with Crippen LogP contribution in [-0.4, -0.2) is 9.97 Å². The first kappa shape index (κ1) is 20.6. The van der Waals surface area contributed by atoms with Crippen molar-refractivity contribution in [1.82, 2.24) is 9.97 Å². The molecule has 8 aromatic rings. The summed E-state index contributed by atoms with van der Waals surface area (Å²) >= 11 is 1.87. The van der Waals surface area contributed by atoms with E-state index in [0.717, 1.165) is 38.9 Å². The zero-order chi connectivity index (χ0) is 24.3. The van der Waals surface area contributed by atoms with E-state index in [-0.39, 0.29) is 0 Å². The molecule has 0 aliphatic heterocycles. The van der Waals surface area contributed by atoms with E-state index in [0.29, 0.717) is 0 Å². The van der Waals surface area contributed by atoms with Crippen molar-refractivity contribution in [2.24, 2.45) is 0 Å². The maximum Gasteiger partial charge on any atom is 0.0973 e. The van der Waals surface area contributed by atoms with E-state index < -0.39 is 0 Å². The Kier molecular flexibility index (Phi) is 4.42. The fraction of sp³-hybridized carbons (Fsp3) is 0. The highest BCUT2D eigenvalue weighted by atomic mass is 32.1. The van der Waals surface area contributed by atoms with Crippen LogP contribution >= 0.6 is 11.3 Å². The molecule has 0 N–H and O–H groups in total. The summed E-state index contributed by atoms with van der Waals surface area (Å²) in [6, 6.07) is 42.9. The number of thiophene rings is 1. The number of fused-ring (bicyclic) bond motifs is 8. The summed E-state index contributed by atoms with van der Waals surface area (Å²) in [5.74, 6) is 0. The maximum absolute atomic E-state index is 5.25. The average Bonchev–Trinajstić information content (AvgIpc) is 3.36. The molecule has 0 atom stereocenters. The number of rotatable bonds is 2. The van der Waals surface area contributed by atoms with E-state index in [2.05, 4.69) is 115 Å². The summed E-state index contributed by atoms with van der Waals surface area (Å²) in [6.07, 6.45) is 0. The molecule has 0 aliphatic carbocycles. The van der Waals surface area contributed by atoms with Crippen LogP contribution < -0.4 is 0 Å². The quantitative estimate of drug-likeness (QED) is 0.226. The molecular weight excluding hydrogens is 468 g/mol. The lowest BCUT2D eigenvalue weighted by molar-refractivity contribution is 1.30. The topological polar surface area (TPSA) is 25.8 Å². The zero-order valence-electron chi connectivity index (χ0n) is 19.8. The molecule has 172 valence electrons. The molecule has 37 heavy (non-hydrogen) atoms. The lowest BCUT2D eigenvalue weighted by Crippen LogP contribution is -1.96. The van der Waals surface area contributed by atoms with Gasteiger partial charge in [-0.1, -0.05) is 103 Å². The van der Waals surface area contributed by atoms with Crippen molar-refractivity contribution in [3.63, 3.8) is 0 Å². The van der Waals surface area contributed by atoms with Gasteiger partial charge in [-0.15, -0.1) is 11.3 Å². The first-order valence-corrected chi connectivity index (χ1v) is 13.2. The maximum atomic E-state index is 5.25. The normalized spacial score (nSPS) is 11.8. The molecular formula is C34H20N2S. The number of nitrogens with zero attached hydrogens (tertiary/aromatic N) is 2. The highest BCUT2D eigenvalue weighted by Gasteiger charge is 2.16. The molecule has 0 spiro atoms. The summed E-state index contributed by atoms with van der Waals surface area (Å²) in [5.41, 5.74) is 5.82. The van der Waals surface area contributed by atoms with Gasteiger partial charge in [0.05, 0.1) is 22.4 Å². The second-order valence-corrected chi connectivity index (χ2v) is 10.5. The molecule has 2 nitrogen and oxygen atoms in total. The third-order valence-electron chi connectivity index (χ3n) is 7.24. The van der Waals surface area contributed by atoms with Crippen LogP contribution in [0.1, 0.15) is 0 Å². The number of hydrogen-bond acceptors (Lipinski definition) is 3. The van der Waals surface area contributed by atoms with Gasteiger partial charge in [0.25, 0.3) is 0 Å². The van der Waals surface area contributed by atoms with Gasteiger partial charge in [-0.3, -0.25) is 0 Å². The minimum Gasteiger partial charge on any atom is -0.244 e. The van der Waals surface area contributed by atoms with Gasteiger partial charge >= 0.3 is 0 Å². The third-order valence-corrected chi connectivity index (χ3v) is 8.46. The molecule has 3 heteroatoms. The van der Waals surface area contributed by atoms with Crippen LogP contribution in [0.2, 0.25) is 0 Å². The fourth-order valence-corrected chi connectivity index (χ4v) is 6.69. The Labute approximate surface area is 217 Å². The Morgan fingerprint density at radius 3 is 2.11 bits per heavy atom. The SMILES string of the molecule is c1ccc(-c2nc3c(ccc4ccccc43)nc2-c2ccc3c(ccc4c5ccccc5sc34)c2)cc1. The highest BCUT2D eigenvalue weighted by molar-refractivity contribution is 7.26. The van der Waals surface area contributed by atoms with Crippen LogP contribution in [0, 0.1) is 0 Å². The Bertz CT molecular complexity index is 2140. The van der Waals surface area contributed by atoms with Crippen molar-refractivity contribution in [2.45, 2.75) is 0 Å². The van der Waals surface area contributed by atoms with Crippen LogP contribution in [0.5, 0.6) is 0 Å². The summed E-state index contributed by atoms with van der Waals surface area (Å²) in [6.45, 7) is 0. The lowest BCUT2D eigenvalue weighted by atomic mass is 9.99. The molecule has 0 fully saturated rings. The van der Waals surface area contributed by atoms with Crippen LogP contribution in [-0.2, 0) is 0 Å². The van der Waals surface area contributed by atoms with E-state index in [4.69, 9.17) is 9.97 Å². The molecule has 0 bridgehead atoms. The van der Waals surface area contributed by atoms with Crippen molar-refractivity contribution in [1.29, 1.82) is 0 Å². The Hall–Kier alpha value is -4.60. The second kappa shape index (κ2) is 7.95. The van der Waals surface area contributed by atoms with E-state index in [1.165, 1.54) is 36.3 Å². The van der Waals surface area contributed by atoms with Crippen LogP contribution in [0.3, 0.4) is 0 Å². The predicted octanol–water partition coefficient (Wildman–Crippen LogP) is 9.64. The van der Waals surface area contributed by atoms with Crippen LogP contribution in [0.25, 0.3) is 75.3 Å². The van der Waals surface area contributed by atoms with Gasteiger partial charge in [0.1, 0.15) is 0 Å². The molecule has 2 aromatic heterocycles. The minimum atomic E-state index is 0.909. The van der Waals surface area contributed by atoms with Crippen molar-refractivity contribution in [3.05, 3.63) is 121 Å². The smallest absolute Gasteiger partial charge is 0.0973 e. The van der Waals surface area contributed by atoms with E-state index >= 15 is 0 Å². The van der Waals surface area contributed by atoms with E-state index in [9.17, 15) is 0 Å². The molecule has 0 unspecified atom stereocenters. The number of benzene rings is 6. The summed E-state index contributed by atoms with van der Waals surface area (Å²) in [7, 11) is 0. The predicted molar refractivity (Wildman–Crippen MR) is 158 cm³/mol. The second-order valence-electron chi connectivity index (χ2n) is 9.42. The Balaban J connectivity index is 1.40. The molecule has 0 aliphatic rings. The lowest BCUT2D eigenvalue weighted by Gasteiger charge is -2.13. The van der Waals surface area contributed by atoms with Crippen molar-refractivity contribution in [3.8, 4) is 22.5 Å². The van der Waals surface area contributed by atoms with Gasteiger partial charge < -0.3 is 0 Å². The van der Waals surface area contributed by atoms with Crippen LogP contribution in [0.15, 0.2) is 121 Å². The molecule has 0 amide bonds. The average molecular weight is 489 g/mol. The van der Waals surface area contributed by atoms with Gasteiger partial charge in [-0.05, 0) is 34.4 Å². The summed E-state index contributed by atoms with van der Waals surface area (Å²) in [5, 5.41) is 7.45. The molecule has 6 aromatic carbocycles. The largest absolute Gasteiger partial charge is 0.244 e.